The first-order valence-corrected chi connectivity index (χ1v) is 9.61. The Morgan fingerprint density at radius 3 is 2.54 bits per heavy atom. The summed E-state index contributed by atoms with van der Waals surface area (Å²) in [6.07, 6.45) is 2.03. The van der Waals surface area contributed by atoms with Gasteiger partial charge in [0.2, 0.25) is 0 Å². The quantitative estimate of drug-likeness (QED) is 0.737. The molecule has 4 rings (SSSR count). The van der Waals surface area contributed by atoms with Crippen molar-refractivity contribution in [3.05, 3.63) is 75.4 Å². The lowest BCUT2D eigenvalue weighted by Crippen LogP contribution is -2.17. The number of aromatic nitrogens is 2. The first kappa shape index (κ1) is 17.3. The molecule has 0 bridgehead atoms. The molecule has 0 unspecified atom stereocenters. The predicted molar refractivity (Wildman–Crippen MR) is 108 cm³/mol. The van der Waals surface area contributed by atoms with Crippen molar-refractivity contribution in [1.82, 2.24) is 15.1 Å². The number of halogens is 1. The van der Waals surface area contributed by atoms with Gasteiger partial charge in [-0.05, 0) is 55.6 Å². The van der Waals surface area contributed by atoms with Gasteiger partial charge in [-0.3, -0.25) is 4.68 Å². The van der Waals surface area contributed by atoms with E-state index in [1.165, 1.54) is 27.9 Å². The van der Waals surface area contributed by atoms with Gasteiger partial charge in [0.15, 0.2) is 0 Å². The van der Waals surface area contributed by atoms with Crippen LogP contribution < -0.4 is 5.32 Å². The number of nitrogens with one attached hydrogen (secondary N) is 1. The van der Waals surface area contributed by atoms with Crippen LogP contribution in [0.3, 0.4) is 0 Å². The average Bonchev–Trinajstić information content (AvgIpc) is 2.81. The van der Waals surface area contributed by atoms with Gasteiger partial charge >= 0.3 is 0 Å². The Balaban J connectivity index is 1.76. The molecule has 4 heteroatoms. The van der Waals surface area contributed by atoms with Gasteiger partial charge in [0, 0.05) is 34.8 Å². The van der Waals surface area contributed by atoms with Crippen molar-refractivity contribution in [2.24, 2.45) is 0 Å². The molecule has 0 amide bonds. The minimum Gasteiger partial charge on any atom is -0.316 e. The van der Waals surface area contributed by atoms with Crippen molar-refractivity contribution in [2.45, 2.75) is 33.2 Å². The number of benzene rings is 2. The lowest BCUT2D eigenvalue weighted by Gasteiger charge is -2.09. The van der Waals surface area contributed by atoms with Gasteiger partial charge in [-0.25, -0.2) is 0 Å². The van der Waals surface area contributed by atoms with Gasteiger partial charge in [-0.15, -0.1) is 0 Å². The first-order chi connectivity index (χ1) is 12.6. The van der Waals surface area contributed by atoms with E-state index in [4.69, 9.17) is 16.7 Å². The molecular formula is C22H24ClN3. The number of rotatable bonds is 3. The van der Waals surface area contributed by atoms with Crippen LogP contribution in [0.5, 0.6) is 0 Å². The second-order valence-electron chi connectivity index (χ2n) is 7.11. The molecule has 0 fully saturated rings. The molecule has 0 saturated carbocycles. The normalized spacial score (nSPS) is 14.1. The number of nitrogens with zero attached hydrogens (tertiary/aromatic N) is 2. The molecule has 1 aromatic heterocycles. The van der Waals surface area contributed by atoms with Crippen LogP contribution in [-0.4, -0.2) is 22.9 Å². The largest absolute Gasteiger partial charge is 0.316 e. The highest BCUT2D eigenvalue weighted by Gasteiger charge is 2.20. The molecule has 1 N–H and O–H groups in total. The van der Waals surface area contributed by atoms with Crippen molar-refractivity contribution < 1.29 is 0 Å². The van der Waals surface area contributed by atoms with Crippen LogP contribution in [0, 0.1) is 13.8 Å². The molecule has 2 aromatic carbocycles. The zero-order valence-corrected chi connectivity index (χ0v) is 16.1. The summed E-state index contributed by atoms with van der Waals surface area (Å²) in [5, 5.41) is 9.30. The Morgan fingerprint density at radius 1 is 1.00 bits per heavy atom. The Labute approximate surface area is 160 Å². The second kappa shape index (κ2) is 7.26. The summed E-state index contributed by atoms with van der Waals surface area (Å²) in [6, 6.07) is 14.7. The molecule has 0 aliphatic carbocycles. The second-order valence-corrected chi connectivity index (χ2v) is 7.54. The van der Waals surface area contributed by atoms with Gasteiger partial charge in [0.1, 0.15) is 0 Å². The number of hydrogen-bond donors (Lipinski definition) is 1. The summed E-state index contributed by atoms with van der Waals surface area (Å²) in [5.41, 5.74) is 8.95. The van der Waals surface area contributed by atoms with E-state index in [1.54, 1.807) is 0 Å². The van der Waals surface area contributed by atoms with Crippen LogP contribution in [-0.2, 0) is 19.4 Å². The van der Waals surface area contributed by atoms with Crippen molar-refractivity contribution in [3.8, 4) is 11.3 Å². The SMILES string of the molecule is Cc1ccc(Cn2nc(-c3ccc(Cl)cc3)c3c2CCNCC3)cc1C. The zero-order chi connectivity index (χ0) is 18.1. The van der Waals surface area contributed by atoms with Crippen LogP contribution in [0.1, 0.15) is 27.9 Å². The highest BCUT2D eigenvalue weighted by atomic mass is 35.5. The fraction of sp³-hybridized carbons (Fsp3) is 0.318. The van der Waals surface area contributed by atoms with Crippen molar-refractivity contribution in [1.29, 1.82) is 0 Å². The van der Waals surface area contributed by atoms with Gasteiger partial charge in [-0.1, -0.05) is 41.9 Å². The Bertz CT molecular complexity index is 925. The van der Waals surface area contributed by atoms with Crippen molar-refractivity contribution in [2.75, 3.05) is 13.1 Å². The van der Waals surface area contributed by atoms with E-state index in [2.05, 4.69) is 54.2 Å². The van der Waals surface area contributed by atoms with Gasteiger partial charge in [0.05, 0.1) is 12.2 Å². The van der Waals surface area contributed by atoms with Gasteiger partial charge in [-0.2, -0.15) is 5.10 Å². The summed E-state index contributed by atoms with van der Waals surface area (Å²) in [4.78, 5) is 0. The number of fused-ring (bicyclic) bond motifs is 1. The smallest absolute Gasteiger partial charge is 0.0958 e. The summed E-state index contributed by atoms with van der Waals surface area (Å²) >= 11 is 6.07. The molecule has 1 aliphatic rings. The predicted octanol–water partition coefficient (Wildman–Crippen LogP) is 4.56. The van der Waals surface area contributed by atoms with Crippen LogP contribution in [0.4, 0.5) is 0 Å². The maximum atomic E-state index is 6.07. The molecule has 3 nitrogen and oxygen atoms in total. The Morgan fingerprint density at radius 2 is 1.77 bits per heavy atom. The molecular weight excluding hydrogens is 342 g/mol. The molecule has 0 atom stereocenters. The maximum absolute atomic E-state index is 6.07. The minimum atomic E-state index is 0.760. The third kappa shape index (κ3) is 3.42. The molecule has 0 radical (unpaired) electrons. The molecule has 0 saturated heterocycles. The van der Waals surface area contributed by atoms with E-state index in [9.17, 15) is 0 Å². The number of hydrogen-bond acceptors (Lipinski definition) is 2. The van der Waals surface area contributed by atoms with Crippen molar-refractivity contribution in [3.63, 3.8) is 0 Å². The minimum absolute atomic E-state index is 0.760. The van der Waals surface area contributed by atoms with Crippen molar-refractivity contribution >= 4 is 11.6 Å². The maximum Gasteiger partial charge on any atom is 0.0958 e. The molecule has 26 heavy (non-hydrogen) atoms. The van der Waals surface area contributed by atoms with E-state index < -0.39 is 0 Å². The third-order valence-electron chi connectivity index (χ3n) is 5.28. The lowest BCUT2D eigenvalue weighted by molar-refractivity contribution is 0.628. The lowest BCUT2D eigenvalue weighted by atomic mass is 10.0. The average molecular weight is 366 g/mol. The number of aryl methyl sites for hydroxylation is 2. The van der Waals surface area contributed by atoms with Gasteiger partial charge in [0.25, 0.3) is 0 Å². The fourth-order valence-electron chi connectivity index (χ4n) is 3.67. The van der Waals surface area contributed by atoms with E-state index >= 15 is 0 Å². The molecule has 0 spiro atoms. The topological polar surface area (TPSA) is 29.9 Å². The van der Waals surface area contributed by atoms with Crippen LogP contribution in [0.25, 0.3) is 11.3 Å². The first-order valence-electron chi connectivity index (χ1n) is 9.23. The molecule has 3 aromatic rings. The fourth-order valence-corrected chi connectivity index (χ4v) is 3.79. The highest BCUT2D eigenvalue weighted by molar-refractivity contribution is 6.30. The van der Waals surface area contributed by atoms with E-state index in [0.29, 0.717) is 0 Å². The monoisotopic (exact) mass is 365 g/mol. The molecule has 1 aliphatic heterocycles. The zero-order valence-electron chi connectivity index (χ0n) is 15.3. The van der Waals surface area contributed by atoms with E-state index in [-0.39, 0.29) is 0 Å². The molecule has 2 heterocycles. The Kier molecular flexibility index (Phi) is 4.84. The van der Waals surface area contributed by atoms with Crippen LogP contribution in [0.2, 0.25) is 5.02 Å². The summed E-state index contributed by atoms with van der Waals surface area (Å²) in [5.74, 6) is 0. The van der Waals surface area contributed by atoms with E-state index in [1.807, 2.05) is 12.1 Å². The summed E-state index contributed by atoms with van der Waals surface area (Å²) < 4.78 is 2.20. The summed E-state index contributed by atoms with van der Waals surface area (Å²) in [6.45, 7) is 7.15. The molecule has 134 valence electrons. The van der Waals surface area contributed by atoms with Gasteiger partial charge < -0.3 is 5.32 Å². The summed E-state index contributed by atoms with van der Waals surface area (Å²) in [7, 11) is 0. The highest BCUT2D eigenvalue weighted by Crippen LogP contribution is 2.29. The Hall–Kier alpha value is -2.10. The van der Waals surface area contributed by atoms with Crippen LogP contribution in [0.15, 0.2) is 42.5 Å². The van der Waals surface area contributed by atoms with E-state index in [0.717, 1.165) is 48.8 Å². The van der Waals surface area contributed by atoms with Crippen LogP contribution >= 0.6 is 11.6 Å². The third-order valence-corrected chi connectivity index (χ3v) is 5.53. The standard InChI is InChI=1S/C22H24ClN3/c1-15-3-4-17(13-16(15)2)14-26-21-10-12-24-11-9-20(21)22(25-26)18-5-7-19(23)8-6-18/h3-8,13,24H,9-12,14H2,1-2H3.